The number of hydrazine groups is 1. The van der Waals surface area contributed by atoms with Crippen LogP contribution in [0.1, 0.15) is 36.6 Å². The summed E-state index contributed by atoms with van der Waals surface area (Å²) in [6.07, 6.45) is 4.76. The van der Waals surface area contributed by atoms with Crippen LogP contribution in [-0.2, 0) is 11.3 Å². The molecule has 1 heterocycles. The molecule has 5 nitrogen and oxygen atoms in total. The van der Waals surface area contributed by atoms with Crippen molar-refractivity contribution in [3.05, 3.63) is 53.9 Å². The Morgan fingerprint density at radius 1 is 1.30 bits per heavy atom. The van der Waals surface area contributed by atoms with E-state index in [2.05, 4.69) is 17.4 Å². The van der Waals surface area contributed by atoms with Crippen molar-refractivity contribution in [3.63, 3.8) is 0 Å². The quantitative estimate of drug-likeness (QED) is 0.600. The molecule has 0 bridgehead atoms. The second kappa shape index (κ2) is 7.19. The first kappa shape index (κ1) is 14.7. The van der Waals surface area contributed by atoms with Crippen LogP contribution >= 0.6 is 0 Å². The Hall–Kier alpha value is -1.69. The normalized spacial score (nSPS) is 14.2. The molecule has 108 valence electrons. The van der Waals surface area contributed by atoms with Crippen LogP contribution in [0.15, 0.2) is 42.7 Å². The Morgan fingerprint density at radius 2 is 2.05 bits per heavy atom. The summed E-state index contributed by atoms with van der Waals surface area (Å²) < 4.78 is 7.56. The summed E-state index contributed by atoms with van der Waals surface area (Å²) in [6.45, 7) is 3.03. The summed E-state index contributed by atoms with van der Waals surface area (Å²) in [6, 6.07) is 9.92. The average Bonchev–Trinajstić information content (AvgIpc) is 2.94. The van der Waals surface area contributed by atoms with Crippen LogP contribution in [0, 0.1) is 0 Å². The Bertz CT molecular complexity index is 512. The van der Waals surface area contributed by atoms with Gasteiger partial charge in [-0.25, -0.2) is 5.43 Å². The van der Waals surface area contributed by atoms with E-state index >= 15 is 0 Å². The highest BCUT2D eigenvalue weighted by molar-refractivity contribution is 5.23. The van der Waals surface area contributed by atoms with Gasteiger partial charge < -0.3 is 4.74 Å². The van der Waals surface area contributed by atoms with Crippen molar-refractivity contribution in [1.82, 2.24) is 15.2 Å². The number of nitrogens with two attached hydrogens (primary N) is 1. The fraction of sp³-hybridized carbons (Fsp3) is 0.400. The lowest BCUT2D eigenvalue weighted by Crippen LogP contribution is -2.33. The Labute approximate surface area is 119 Å². The summed E-state index contributed by atoms with van der Waals surface area (Å²) in [7, 11) is 1.69. The zero-order valence-corrected chi connectivity index (χ0v) is 12.0. The van der Waals surface area contributed by atoms with Gasteiger partial charge in [-0.3, -0.25) is 10.5 Å². The van der Waals surface area contributed by atoms with Gasteiger partial charge in [-0.2, -0.15) is 5.10 Å². The van der Waals surface area contributed by atoms with E-state index in [9.17, 15) is 0 Å². The van der Waals surface area contributed by atoms with Crippen LogP contribution in [0.4, 0.5) is 0 Å². The topological polar surface area (TPSA) is 65.1 Å². The number of ether oxygens (including phenoxy) is 1. The average molecular weight is 274 g/mol. The molecule has 2 atom stereocenters. The van der Waals surface area contributed by atoms with Crippen molar-refractivity contribution in [2.45, 2.75) is 32.0 Å². The third-order valence-electron chi connectivity index (χ3n) is 3.33. The van der Waals surface area contributed by atoms with Crippen molar-refractivity contribution in [2.24, 2.45) is 5.84 Å². The van der Waals surface area contributed by atoms with E-state index in [0.717, 1.165) is 24.1 Å². The van der Waals surface area contributed by atoms with Crippen LogP contribution in [0.2, 0.25) is 0 Å². The summed E-state index contributed by atoms with van der Waals surface area (Å²) in [5, 5.41) is 4.35. The van der Waals surface area contributed by atoms with Gasteiger partial charge in [-0.1, -0.05) is 37.3 Å². The molecule has 0 aliphatic heterocycles. The highest BCUT2D eigenvalue weighted by atomic mass is 16.5. The monoisotopic (exact) mass is 274 g/mol. The van der Waals surface area contributed by atoms with Gasteiger partial charge in [0.15, 0.2) is 0 Å². The fourth-order valence-corrected chi connectivity index (χ4v) is 2.36. The molecule has 0 aliphatic carbocycles. The number of methoxy groups -OCH3 is 1. The van der Waals surface area contributed by atoms with Crippen molar-refractivity contribution >= 4 is 0 Å². The molecule has 2 aromatic rings. The van der Waals surface area contributed by atoms with Crippen LogP contribution in [0.3, 0.4) is 0 Å². The van der Waals surface area contributed by atoms with E-state index in [1.54, 1.807) is 7.11 Å². The van der Waals surface area contributed by atoms with Crippen LogP contribution in [0.25, 0.3) is 0 Å². The molecule has 20 heavy (non-hydrogen) atoms. The van der Waals surface area contributed by atoms with Gasteiger partial charge in [0.25, 0.3) is 0 Å². The molecule has 2 unspecified atom stereocenters. The number of aryl methyl sites for hydroxylation is 1. The third kappa shape index (κ3) is 3.25. The van der Waals surface area contributed by atoms with Gasteiger partial charge >= 0.3 is 0 Å². The molecular weight excluding hydrogens is 252 g/mol. The molecule has 1 aromatic heterocycles. The number of hydrogen-bond donors (Lipinski definition) is 2. The minimum Gasteiger partial charge on any atom is -0.375 e. The maximum absolute atomic E-state index is 5.73. The molecule has 0 saturated heterocycles. The van der Waals surface area contributed by atoms with E-state index in [-0.39, 0.29) is 12.1 Å². The molecule has 0 fully saturated rings. The van der Waals surface area contributed by atoms with E-state index in [1.165, 1.54) is 0 Å². The largest absolute Gasteiger partial charge is 0.375 e. The van der Waals surface area contributed by atoms with E-state index in [4.69, 9.17) is 10.6 Å². The fourth-order valence-electron chi connectivity index (χ4n) is 2.36. The molecule has 0 amide bonds. The van der Waals surface area contributed by atoms with Crippen LogP contribution < -0.4 is 11.3 Å². The van der Waals surface area contributed by atoms with Crippen molar-refractivity contribution in [3.8, 4) is 0 Å². The van der Waals surface area contributed by atoms with Gasteiger partial charge in [0, 0.05) is 25.4 Å². The zero-order chi connectivity index (χ0) is 14.4. The summed E-state index contributed by atoms with van der Waals surface area (Å²) >= 11 is 0. The number of rotatable bonds is 7. The third-order valence-corrected chi connectivity index (χ3v) is 3.33. The number of aromatic nitrogens is 2. The van der Waals surface area contributed by atoms with E-state index in [1.807, 2.05) is 47.4 Å². The Morgan fingerprint density at radius 3 is 2.65 bits per heavy atom. The van der Waals surface area contributed by atoms with Gasteiger partial charge in [-0.05, 0) is 12.0 Å². The minimum absolute atomic E-state index is 0.131. The SMILES string of the molecule is CCCn1cc(C(NN)C(OC)c2ccccc2)cn1. The zero-order valence-electron chi connectivity index (χ0n) is 12.0. The first-order valence-electron chi connectivity index (χ1n) is 6.86. The number of nitrogens with one attached hydrogen (secondary N) is 1. The maximum atomic E-state index is 5.73. The first-order chi connectivity index (χ1) is 9.80. The molecule has 5 heteroatoms. The first-order valence-corrected chi connectivity index (χ1v) is 6.86. The lowest BCUT2D eigenvalue weighted by atomic mass is 9.98. The second-order valence-electron chi connectivity index (χ2n) is 4.75. The van der Waals surface area contributed by atoms with Gasteiger partial charge in [0.1, 0.15) is 6.10 Å². The smallest absolute Gasteiger partial charge is 0.103 e. The van der Waals surface area contributed by atoms with Crippen molar-refractivity contribution in [1.29, 1.82) is 0 Å². The second-order valence-corrected chi connectivity index (χ2v) is 4.75. The van der Waals surface area contributed by atoms with Crippen molar-refractivity contribution in [2.75, 3.05) is 7.11 Å². The predicted molar refractivity (Wildman–Crippen MR) is 78.8 cm³/mol. The highest BCUT2D eigenvalue weighted by Gasteiger charge is 2.24. The number of benzene rings is 1. The molecule has 0 spiro atoms. The van der Waals surface area contributed by atoms with E-state index < -0.39 is 0 Å². The summed E-state index contributed by atoms with van der Waals surface area (Å²) in [4.78, 5) is 0. The molecule has 0 aliphatic rings. The molecule has 0 radical (unpaired) electrons. The van der Waals surface area contributed by atoms with Gasteiger partial charge in [-0.15, -0.1) is 0 Å². The predicted octanol–water partition coefficient (Wildman–Crippen LogP) is 2.19. The van der Waals surface area contributed by atoms with Crippen LogP contribution in [-0.4, -0.2) is 16.9 Å². The maximum Gasteiger partial charge on any atom is 0.103 e. The molecule has 1 aromatic carbocycles. The molecule has 0 saturated carbocycles. The van der Waals surface area contributed by atoms with Gasteiger partial charge in [0.05, 0.1) is 12.2 Å². The molecule has 3 N–H and O–H groups in total. The number of hydrogen-bond acceptors (Lipinski definition) is 4. The Balaban J connectivity index is 2.24. The summed E-state index contributed by atoms with van der Waals surface area (Å²) in [5.74, 6) is 5.73. The standard InChI is InChI=1S/C15H22N4O/c1-3-9-19-11-13(10-17-19)14(18-16)15(20-2)12-7-5-4-6-8-12/h4-8,10-11,14-15,18H,3,9,16H2,1-2H3. The highest BCUT2D eigenvalue weighted by Crippen LogP contribution is 2.30. The van der Waals surface area contributed by atoms with Crippen LogP contribution in [0.5, 0.6) is 0 Å². The molecule has 2 rings (SSSR count). The number of nitrogens with zero attached hydrogens (tertiary/aromatic N) is 2. The lowest BCUT2D eigenvalue weighted by Gasteiger charge is -2.25. The Kier molecular flexibility index (Phi) is 5.29. The van der Waals surface area contributed by atoms with Crippen molar-refractivity contribution < 1.29 is 4.74 Å². The molecular formula is C15H22N4O. The summed E-state index contributed by atoms with van der Waals surface area (Å²) in [5.41, 5.74) is 4.95. The lowest BCUT2D eigenvalue weighted by molar-refractivity contribution is 0.0676. The van der Waals surface area contributed by atoms with Gasteiger partial charge in [0.2, 0.25) is 0 Å². The van der Waals surface area contributed by atoms with E-state index in [0.29, 0.717) is 0 Å². The minimum atomic E-state index is -0.152.